The van der Waals surface area contributed by atoms with Crippen LogP contribution in [0.3, 0.4) is 0 Å². The van der Waals surface area contributed by atoms with Crippen LogP contribution in [0, 0.1) is 6.92 Å². The van der Waals surface area contributed by atoms with E-state index in [1.54, 1.807) is 6.20 Å². The topological polar surface area (TPSA) is 62.3 Å². The van der Waals surface area contributed by atoms with E-state index in [0.29, 0.717) is 12.4 Å². The van der Waals surface area contributed by atoms with Gasteiger partial charge in [-0.05, 0) is 54.2 Å². The molecule has 1 fully saturated rings. The van der Waals surface area contributed by atoms with Gasteiger partial charge in [0.2, 0.25) is 0 Å². The predicted octanol–water partition coefficient (Wildman–Crippen LogP) is 2.68. The second-order valence-corrected chi connectivity index (χ2v) is 7.42. The largest absolute Gasteiger partial charge is 0.303 e. The van der Waals surface area contributed by atoms with Gasteiger partial charge in [-0.2, -0.15) is 12.7 Å². The van der Waals surface area contributed by atoms with Gasteiger partial charge in [-0.15, -0.1) is 0 Å². The van der Waals surface area contributed by atoms with Crippen molar-refractivity contribution in [2.45, 2.75) is 39.2 Å². The number of piperidine rings is 1. The summed E-state index contributed by atoms with van der Waals surface area (Å²) in [6.45, 7) is 4.35. The lowest BCUT2D eigenvalue weighted by Crippen LogP contribution is -2.45. The van der Waals surface area contributed by atoms with Crippen molar-refractivity contribution in [3.05, 3.63) is 22.3 Å². The van der Waals surface area contributed by atoms with Crippen molar-refractivity contribution in [1.82, 2.24) is 9.29 Å². The second kappa shape index (κ2) is 5.76. The lowest BCUT2D eigenvalue weighted by Gasteiger charge is -2.32. The minimum absolute atomic E-state index is 0.0435. The molecule has 0 spiro atoms. The minimum Gasteiger partial charge on any atom is -0.254 e. The van der Waals surface area contributed by atoms with E-state index in [9.17, 15) is 8.42 Å². The molecule has 1 atom stereocenters. The summed E-state index contributed by atoms with van der Waals surface area (Å²) >= 11 is 3.31. The Morgan fingerprint density at radius 2 is 2.21 bits per heavy atom. The molecule has 1 aliphatic rings. The quantitative estimate of drug-likeness (QED) is 0.914. The Labute approximate surface area is 122 Å². The second-order valence-electron chi connectivity index (χ2n) is 4.88. The van der Waals surface area contributed by atoms with Crippen LogP contribution >= 0.6 is 15.9 Å². The fourth-order valence-electron chi connectivity index (χ4n) is 2.26. The number of nitrogens with one attached hydrogen (secondary N) is 1. The number of aryl methyl sites for hydroxylation is 1. The molecule has 0 bridgehead atoms. The van der Waals surface area contributed by atoms with Gasteiger partial charge in [-0.1, -0.05) is 6.42 Å². The molecule has 1 saturated heterocycles. The predicted molar refractivity (Wildman–Crippen MR) is 79.2 cm³/mol. The standard InChI is InChI=1S/C12H18BrN3O2S/c1-9-7-11(13)8-14-12(9)15-19(17,18)16-6-4-3-5-10(16)2/h7-8,10H,3-6H2,1-2H3,(H,14,15). The summed E-state index contributed by atoms with van der Waals surface area (Å²) in [6.07, 6.45) is 4.50. The van der Waals surface area contributed by atoms with Gasteiger partial charge in [-0.25, -0.2) is 4.98 Å². The number of pyridine rings is 1. The smallest absolute Gasteiger partial charge is 0.254 e. The maximum absolute atomic E-state index is 12.4. The molecule has 1 aromatic heterocycles. The zero-order valence-electron chi connectivity index (χ0n) is 11.1. The van der Waals surface area contributed by atoms with Crippen LogP contribution in [0.2, 0.25) is 0 Å². The van der Waals surface area contributed by atoms with Crippen molar-refractivity contribution in [2.24, 2.45) is 0 Å². The Kier molecular flexibility index (Phi) is 4.47. The third-order valence-corrected chi connectivity index (χ3v) is 5.37. The first-order chi connectivity index (χ1) is 8.90. The molecule has 106 valence electrons. The van der Waals surface area contributed by atoms with E-state index >= 15 is 0 Å². The molecule has 0 radical (unpaired) electrons. The van der Waals surface area contributed by atoms with Crippen molar-refractivity contribution in [3.8, 4) is 0 Å². The van der Waals surface area contributed by atoms with Crippen LogP contribution in [0.1, 0.15) is 31.7 Å². The van der Waals surface area contributed by atoms with Crippen LogP contribution in [0.4, 0.5) is 5.82 Å². The van der Waals surface area contributed by atoms with Gasteiger partial charge in [-0.3, -0.25) is 4.72 Å². The van der Waals surface area contributed by atoms with Crippen LogP contribution in [0.15, 0.2) is 16.7 Å². The van der Waals surface area contributed by atoms with E-state index in [1.165, 1.54) is 4.31 Å². The Hall–Kier alpha value is -0.660. The van der Waals surface area contributed by atoms with Crippen molar-refractivity contribution in [1.29, 1.82) is 0 Å². The molecule has 19 heavy (non-hydrogen) atoms. The maximum atomic E-state index is 12.4. The number of halogens is 1. The molecule has 2 heterocycles. The summed E-state index contributed by atoms with van der Waals surface area (Å²) < 4.78 is 29.7. The van der Waals surface area contributed by atoms with Crippen LogP contribution in [0.25, 0.3) is 0 Å². The lowest BCUT2D eigenvalue weighted by molar-refractivity contribution is 0.270. The molecule has 1 aromatic rings. The van der Waals surface area contributed by atoms with E-state index in [4.69, 9.17) is 0 Å². The summed E-state index contributed by atoms with van der Waals surface area (Å²) in [5.41, 5.74) is 0.794. The van der Waals surface area contributed by atoms with E-state index in [-0.39, 0.29) is 6.04 Å². The fourth-order valence-corrected chi connectivity index (χ4v) is 4.23. The highest BCUT2D eigenvalue weighted by atomic mass is 79.9. The molecule has 0 aliphatic carbocycles. The third kappa shape index (κ3) is 3.46. The number of aromatic nitrogens is 1. The molecular weight excluding hydrogens is 330 g/mol. The highest BCUT2D eigenvalue weighted by Gasteiger charge is 2.29. The number of nitrogens with zero attached hydrogens (tertiary/aromatic N) is 2. The number of hydrogen-bond acceptors (Lipinski definition) is 3. The molecule has 1 unspecified atom stereocenters. The molecule has 0 saturated carbocycles. The van der Waals surface area contributed by atoms with Gasteiger partial charge in [0.15, 0.2) is 0 Å². The van der Waals surface area contributed by atoms with E-state index in [0.717, 1.165) is 29.3 Å². The van der Waals surface area contributed by atoms with Crippen LogP contribution in [0.5, 0.6) is 0 Å². The number of anilines is 1. The number of hydrogen-bond donors (Lipinski definition) is 1. The first-order valence-electron chi connectivity index (χ1n) is 6.32. The summed E-state index contributed by atoms with van der Waals surface area (Å²) in [5.74, 6) is 0.390. The molecule has 0 aromatic carbocycles. The van der Waals surface area contributed by atoms with E-state index in [2.05, 4.69) is 25.6 Å². The third-order valence-electron chi connectivity index (χ3n) is 3.32. The molecule has 1 aliphatic heterocycles. The first-order valence-corrected chi connectivity index (χ1v) is 8.55. The van der Waals surface area contributed by atoms with Crippen molar-refractivity contribution < 1.29 is 8.42 Å². The molecule has 0 amide bonds. The van der Waals surface area contributed by atoms with Gasteiger partial charge in [0.05, 0.1) is 0 Å². The Bertz CT molecular complexity index is 562. The van der Waals surface area contributed by atoms with E-state index in [1.807, 2.05) is 19.9 Å². The summed E-state index contributed by atoms with van der Waals surface area (Å²) in [4.78, 5) is 4.12. The fraction of sp³-hybridized carbons (Fsp3) is 0.583. The van der Waals surface area contributed by atoms with Gasteiger partial charge in [0.25, 0.3) is 0 Å². The summed E-state index contributed by atoms with van der Waals surface area (Å²) in [6, 6.07) is 1.88. The maximum Gasteiger partial charge on any atom is 0.303 e. The van der Waals surface area contributed by atoms with Gasteiger partial charge < -0.3 is 0 Å². The summed E-state index contributed by atoms with van der Waals surface area (Å²) in [5, 5.41) is 0. The highest BCUT2D eigenvalue weighted by Crippen LogP contribution is 2.23. The van der Waals surface area contributed by atoms with Gasteiger partial charge in [0.1, 0.15) is 5.82 Å². The van der Waals surface area contributed by atoms with Crippen molar-refractivity contribution >= 4 is 32.0 Å². The highest BCUT2D eigenvalue weighted by molar-refractivity contribution is 9.10. The van der Waals surface area contributed by atoms with Crippen LogP contribution in [-0.2, 0) is 10.2 Å². The Morgan fingerprint density at radius 1 is 1.47 bits per heavy atom. The molecule has 7 heteroatoms. The lowest BCUT2D eigenvalue weighted by atomic mass is 10.1. The minimum atomic E-state index is -3.52. The van der Waals surface area contributed by atoms with Gasteiger partial charge in [0, 0.05) is 23.3 Å². The zero-order chi connectivity index (χ0) is 14.0. The molecule has 1 N–H and O–H groups in total. The normalized spacial score (nSPS) is 21.3. The average Bonchev–Trinajstić information content (AvgIpc) is 2.33. The molecule has 2 rings (SSSR count). The molecule has 5 nitrogen and oxygen atoms in total. The zero-order valence-corrected chi connectivity index (χ0v) is 13.5. The Balaban J connectivity index is 2.20. The van der Waals surface area contributed by atoms with E-state index < -0.39 is 10.2 Å². The van der Waals surface area contributed by atoms with Crippen LogP contribution in [-0.4, -0.2) is 30.3 Å². The first kappa shape index (κ1) is 14.7. The number of rotatable bonds is 3. The van der Waals surface area contributed by atoms with Gasteiger partial charge >= 0.3 is 10.2 Å². The Morgan fingerprint density at radius 3 is 2.84 bits per heavy atom. The monoisotopic (exact) mass is 347 g/mol. The van der Waals surface area contributed by atoms with Crippen molar-refractivity contribution in [3.63, 3.8) is 0 Å². The summed E-state index contributed by atoms with van der Waals surface area (Å²) in [7, 11) is -3.52. The average molecular weight is 348 g/mol. The van der Waals surface area contributed by atoms with Crippen molar-refractivity contribution in [2.75, 3.05) is 11.3 Å². The SMILES string of the molecule is Cc1cc(Br)cnc1NS(=O)(=O)N1CCCCC1C. The molecular formula is C12H18BrN3O2S. The van der Waals surface area contributed by atoms with Crippen LogP contribution < -0.4 is 4.72 Å².